The van der Waals surface area contributed by atoms with Crippen molar-refractivity contribution in [2.75, 3.05) is 38.2 Å². The van der Waals surface area contributed by atoms with Crippen LogP contribution in [0.15, 0.2) is 18.3 Å². The molecular weight excluding hydrogens is 300 g/mol. The molecule has 0 radical (unpaired) electrons. The smallest absolute Gasteiger partial charge is 0.103 e. The lowest BCUT2D eigenvalue weighted by Gasteiger charge is -2.33. The summed E-state index contributed by atoms with van der Waals surface area (Å²) in [5.74, 6) is 0. The molecule has 2 saturated heterocycles. The van der Waals surface area contributed by atoms with Crippen LogP contribution in [-0.4, -0.2) is 55.3 Å². The Morgan fingerprint density at radius 3 is 2.88 bits per heavy atom. The molecule has 4 rings (SSSR count). The van der Waals surface area contributed by atoms with Gasteiger partial charge in [0.2, 0.25) is 0 Å². The standard InChI is InChI=1S/C19H22N4O/c1-12-6-13(2)18-15(7-12)19(14(8-20)9-21-18)23-10-16-17(11-23)24-5-4-22(16)3/h6-7,9,16-17H,4-5,10-11H2,1-3H3. The molecule has 2 fully saturated rings. The van der Waals surface area contributed by atoms with Gasteiger partial charge in [0, 0.05) is 31.2 Å². The molecule has 5 heteroatoms. The summed E-state index contributed by atoms with van der Waals surface area (Å²) < 4.78 is 5.98. The summed E-state index contributed by atoms with van der Waals surface area (Å²) in [5.41, 5.74) is 5.00. The molecule has 124 valence electrons. The highest BCUT2D eigenvalue weighted by Crippen LogP contribution is 2.35. The first-order valence-corrected chi connectivity index (χ1v) is 8.45. The van der Waals surface area contributed by atoms with E-state index in [1.807, 2.05) is 0 Å². The summed E-state index contributed by atoms with van der Waals surface area (Å²) in [6.45, 7) is 7.65. The summed E-state index contributed by atoms with van der Waals surface area (Å²) in [5, 5.41) is 10.7. The molecule has 1 aromatic heterocycles. The fourth-order valence-corrected chi connectivity index (χ4v) is 4.11. The third-order valence-electron chi connectivity index (χ3n) is 5.29. The normalized spacial score (nSPS) is 24.2. The minimum atomic E-state index is 0.212. The number of ether oxygens (including phenoxy) is 1. The minimum absolute atomic E-state index is 0.212. The Kier molecular flexibility index (Phi) is 3.67. The number of hydrogen-bond donors (Lipinski definition) is 0. The lowest BCUT2D eigenvalue weighted by Crippen LogP contribution is -2.48. The number of anilines is 1. The Hall–Kier alpha value is -2.16. The van der Waals surface area contributed by atoms with Crippen molar-refractivity contribution in [2.45, 2.75) is 26.0 Å². The number of aryl methyl sites for hydroxylation is 2. The number of fused-ring (bicyclic) bond motifs is 2. The van der Waals surface area contributed by atoms with Gasteiger partial charge in [0.25, 0.3) is 0 Å². The summed E-state index contributed by atoms with van der Waals surface area (Å²) in [6, 6.07) is 7.02. The van der Waals surface area contributed by atoms with E-state index in [1.54, 1.807) is 6.20 Å². The molecule has 0 aliphatic carbocycles. The molecular formula is C19H22N4O. The number of pyridine rings is 1. The second-order valence-electron chi connectivity index (χ2n) is 6.97. The topological polar surface area (TPSA) is 52.4 Å². The van der Waals surface area contributed by atoms with Crippen molar-refractivity contribution in [3.63, 3.8) is 0 Å². The highest BCUT2D eigenvalue weighted by Gasteiger charge is 2.39. The van der Waals surface area contributed by atoms with E-state index in [9.17, 15) is 5.26 Å². The van der Waals surface area contributed by atoms with E-state index < -0.39 is 0 Å². The number of nitrogens with zero attached hydrogens (tertiary/aromatic N) is 4. The Morgan fingerprint density at radius 1 is 1.29 bits per heavy atom. The third kappa shape index (κ3) is 2.34. The lowest BCUT2D eigenvalue weighted by atomic mass is 10.0. The van der Waals surface area contributed by atoms with Crippen LogP contribution in [0.2, 0.25) is 0 Å². The molecule has 2 aliphatic heterocycles. The summed E-state index contributed by atoms with van der Waals surface area (Å²) in [7, 11) is 2.16. The average molecular weight is 322 g/mol. The zero-order valence-electron chi connectivity index (χ0n) is 14.4. The van der Waals surface area contributed by atoms with Crippen LogP contribution in [-0.2, 0) is 4.74 Å². The Balaban J connectivity index is 1.85. The van der Waals surface area contributed by atoms with Crippen LogP contribution in [0.5, 0.6) is 0 Å². The second kappa shape index (κ2) is 5.73. The van der Waals surface area contributed by atoms with E-state index >= 15 is 0 Å². The number of nitriles is 1. The van der Waals surface area contributed by atoms with Crippen molar-refractivity contribution in [3.8, 4) is 6.07 Å². The van der Waals surface area contributed by atoms with Gasteiger partial charge in [-0.3, -0.25) is 9.88 Å². The van der Waals surface area contributed by atoms with Crippen molar-refractivity contribution in [1.82, 2.24) is 9.88 Å². The molecule has 2 unspecified atom stereocenters. The molecule has 0 bridgehead atoms. The number of morpholine rings is 1. The molecule has 0 amide bonds. The maximum atomic E-state index is 9.63. The van der Waals surface area contributed by atoms with Gasteiger partial charge in [-0.2, -0.15) is 5.26 Å². The highest BCUT2D eigenvalue weighted by atomic mass is 16.5. The van der Waals surface area contributed by atoms with Gasteiger partial charge >= 0.3 is 0 Å². The fraction of sp³-hybridized carbons (Fsp3) is 0.474. The molecule has 2 aliphatic rings. The number of hydrogen-bond acceptors (Lipinski definition) is 5. The predicted molar refractivity (Wildman–Crippen MR) is 94.3 cm³/mol. The van der Waals surface area contributed by atoms with E-state index in [4.69, 9.17) is 4.74 Å². The summed E-state index contributed by atoms with van der Waals surface area (Å²) >= 11 is 0. The first kappa shape index (κ1) is 15.4. The highest BCUT2D eigenvalue weighted by molar-refractivity contribution is 5.96. The van der Waals surface area contributed by atoms with Crippen molar-refractivity contribution in [2.24, 2.45) is 0 Å². The zero-order chi connectivity index (χ0) is 16.8. The Labute approximate surface area is 142 Å². The van der Waals surface area contributed by atoms with Gasteiger partial charge < -0.3 is 9.64 Å². The van der Waals surface area contributed by atoms with E-state index in [-0.39, 0.29) is 6.10 Å². The first-order chi connectivity index (χ1) is 11.6. The largest absolute Gasteiger partial charge is 0.373 e. The van der Waals surface area contributed by atoms with Crippen LogP contribution in [0.1, 0.15) is 16.7 Å². The van der Waals surface area contributed by atoms with Crippen LogP contribution in [0.3, 0.4) is 0 Å². The van der Waals surface area contributed by atoms with Crippen LogP contribution >= 0.6 is 0 Å². The van der Waals surface area contributed by atoms with Gasteiger partial charge in [0.05, 0.1) is 35.5 Å². The molecule has 1 aromatic carbocycles. The van der Waals surface area contributed by atoms with Crippen molar-refractivity contribution >= 4 is 16.6 Å². The van der Waals surface area contributed by atoms with Crippen LogP contribution in [0.4, 0.5) is 5.69 Å². The van der Waals surface area contributed by atoms with Gasteiger partial charge in [-0.05, 0) is 32.5 Å². The van der Waals surface area contributed by atoms with Crippen LogP contribution < -0.4 is 4.90 Å². The Morgan fingerprint density at radius 2 is 2.12 bits per heavy atom. The number of likely N-dealkylation sites (N-methyl/N-ethyl adjacent to an activating group) is 1. The van der Waals surface area contributed by atoms with E-state index in [0.29, 0.717) is 11.6 Å². The van der Waals surface area contributed by atoms with Gasteiger partial charge in [-0.15, -0.1) is 0 Å². The molecule has 24 heavy (non-hydrogen) atoms. The second-order valence-corrected chi connectivity index (χ2v) is 6.97. The molecule has 0 N–H and O–H groups in total. The summed E-state index contributed by atoms with van der Waals surface area (Å²) in [6.07, 6.45) is 1.93. The minimum Gasteiger partial charge on any atom is -0.373 e. The molecule has 3 heterocycles. The molecule has 2 atom stereocenters. The monoisotopic (exact) mass is 322 g/mol. The summed E-state index contributed by atoms with van der Waals surface area (Å²) in [4.78, 5) is 9.23. The number of aromatic nitrogens is 1. The average Bonchev–Trinajstić information content (AvgIpc) is 2.98. The number of rotatable bonds is 1. The third-order valence-corrected chi connectivity index (χ3v) is 5.29. The van der Waals surface area contributed by atoms with Gasteiger partial charge in [-0.25, -0.2) is 0 Å². The number of benzene rings is 1. The fourth-order valence-electron chi connectivity index (χ4n) is 4.11. The van der Waals surface area contributed by atoms with Gasteiger partial charge in [0.1, 0.15) is 6.07 Å². The van der Waals surface area contributed by atoms with Crippen LogP contribution in [0, 0.1) is 25.2 Å². The van der Waals surface area contributed by atoms with Crippen molar-refractivity contribution in [3.05, 3.63) is 35.0 Å². The quantitative estimate of drug-likeness (QED) is 0.806. The van der Waals surface area contributed by atoms with Crippen molar-refractivity contribution in [1.29, 1.82) is 5.26 Å². The lowest BCUT2D eigenvalue weighted by molar-refractivity contribution is -0.0362. The SMILES string of the molecule is Cc1cc(C)c2ncc(C#N)c(N3CC4OCCN(C)C4C3)c2c1. The predicted octanol–water partition coefficient (Wildman–Crippen LogP) is 2.24. The maximum absolute atomic E-state index is 9.63. The van der Waals surface area contributed by atoms with E-state index in [0.717, 1.165) is 48.4 Å². The molecule has 5 nitrogen and oxygen atoms in total. The molecule has 2 aromatic rings. The molecule has 0 saturated carbocycles. The van der Waals surface area contributed by atoms with Crippen LogP contribution in [0.25, 0.3) is 10.9 Å². The zero-order valence-corrected chi connectivity index (χ0v) is 14.4. The van der Waals surface area contributed by atoms with E-state index in [2.05, 4.69) is 53.9 Å². The first-order valence-electron chi connectivity index (χ1n) is 8.45. The van der Waals surface area contributed by atoms with E-state index in [1.165, 1.54) is 5.56 Å². The molecule has 0 spiro atoms. The van der Waals surface area contributed by atoms with Gasteiger partial charge in [0.15, 0.2) is 0 Å². The maximum Gasteiger partial charge on any atom is 0.103 e. The van der Waals surface area contributed by atoms with Crippen molar-refractivity contribution < 1.29 is 4.74 Å². The Bertz CT molecular complexity index is 841. The van der Waals surface area contributed by atoms with Gasteiger partial charge in [-0.1, -0.05) is 11.6 Å².